The van der Waals surface area contributed by atoms with E-state index in [-0.39, 0.29) is 12.8 Å². The molecular weight excluding hydrogens is 316 g/mol. The van der Waals surface area contributed by atoms with Crippen LogP contribution >= 0.6 is 11.3 Å². The second-order valence-corrected chi connectivity index (χ2v) is 6.16. The Morgan fingerprint density at radius 2 is 2.00 bits per heavy atom. The zero-order chi connectivity index (χ0) is 15.6. The molecular formula is C15H16N4O3S. The number of carbonyl (C=O) groups is 1. The molecule has 2 aliphatic heterocycles. The SMILES string of the molecule is O=C(Nc1ccc2c(c1)OCO2)N1CCN(c2nccs2)CC1. The summed E-state index contributed by atoms with van der Waals surface area (Å²) in [5.74, 6) is 1.37. The summed E-state index contributed by atoms with van der Waals surface area (Å²) in [5.41, 5.74) is 0.710. The molecule has 2 aliphatic rings. The fourth-order valence-electron chi connectivity index (χ4n) is 2.65. The van der Waals surface area contributed by atoms with E-state index in [1.54, 1.807) is 29.7 Å². The summed E-state index contributed by atoms with van der Waals surface area (Å²) in [5, 5.41) is 5.89. The smallest absolute Gasteiger partial charge is 0.321 e. The summed E-state index contributed by atoms with van der Waals surface area (Å²) < 4.78 is 10.6. The van der Waals surface area contributed by atoms with Gasteiger partial charge in [-0.1, -0.05) is 0 Å². The van der Waals surface area contributed by atoms with Crippen molar-refractivity contribution in [1.82, 2.24) is 9.88 Å². The minimum absolute atomic E-state index is 0.0948. The highest BCUT2D eigenvalue weighted by molar-refractivity contribution is 7.13. The Kier molecular flexibility index (Phi) is 3.66. The van der Waals surface area contributed by atoms with Gasteiger partial charge in [-0.05, 0) is 12.1 Å². The van der Waals surface area contributed by atoms with Crippen molar-refractivity contribution in [3.05, 3.63) is 29.8 Å². The van der Waals surface area contributed by atoms with Crippen molar-refractivity contribution >= 4 is 28.2 Å². The summed E-state index contributed by atoms with van der Waals surface area (Å²) in [6.45, 7) is 3.17. The van der Waals surface area contributed by atoms with Crippen LogP contribution in [0.4, 0.5) is 15.6 Å². The average molecular weight is 332 g/mol. The Morgan fingerprint density at radius 1 is 1.17 bits per heavy atom. The second kappa shape index (κ2) is 5.96. The molecule has 1 fully saturated rings. The molecule has 0 spiro atoms. The molecule has 0 unspecified atom stereocenters. The van der Waals surface area contributed by atoms with Gasteiger partial charge in [-0.15, -0.1) is 11.3 Å². The number of hydrogen-bond donors (Lipinski definition) is 1. The number of amides is 2. The van der Waals surface area contributed by atoms with Crippen LogP contribution < -0.4 is 19.7 Å². The van der Waals surface area contributed by atoms with Crippen LogP contribution in [0.5, 0.6) is 11.5 Å². The maximum atomic E-state index is 12.4. The topological polar surface area (TPSA) is 66.9 Å². The van der Waals surface area contributed by atoms with E-state index >= 15 is 0 Å². The zero-order valence-corrected chi connectivity index (χ0v) is 13.2. The van der Waals surface area contributed by atoms with Gasteiger partial charge in [-0.3, -0.25) is 0 Å². The Labute approximate surface area is 137 Å². The van der Waals surface area contributed by atoms with Gasteiger partial charge < -0.3 is 24.6 Å². The largest absolute Gasteiger partial charge is 0.454 e. The molecule has 23 heavy (non-hydrogen) atoms. The van der Waals surface area contributed by atoms with Gasteiger partial charge in [0.2, 0.25) is 6.79 Å². The van der Waals surface area contributed by atoms with Crippen molar-refractivity contribution in [3.8, 4) is 11.5 Å². The lowest BCUT2D eigenvalue weighted by molar-refractivity contribution is 0.174. The van der Waals surface area contributed by atoms with Crippen LogP contribution in [-0.2, 0) is 0 Å². The minimum Gasteiger partial charge on any atom is -0.454 e. The molecule has 0 radical (unpaired) electrons. The van der Waals surface area contributed by atoms with E-state index in [1.807, 2.05) is 16.3 Å². The number of rotatable bonds is 2. The van der Waals surface area contributed by atoms with Crippen molar-refractivity contribution in [2.75, 3.05) is 43.2 Å². The first-order valence-electron chi connectivity index (χ1n) is 7.39. The van der Waals surface area contributed by atoms with Crippen LogP contribution in [0.3, 0.4) is 0 Å². The van der Waals surface area contributed by atoms with E-state index in [2.05, 4.69) is 15.2 Å². The molecule has 1 aromatic heterocycles. The quantitative estimate of drug-likeness (QED) is 0.913. The summed E-state index contributed by atoms with van der Waals surface area (Å²) >= 11 is 1.62. The van der Waals surface area contributed by atoms with Crippen molar-refractivity contribution < 1.29 is 14.3 Å². The fourth-order valence-corrected chi connectivity index (χ4v) is 3.35. The lowest BCUT2D eigenvalue weighted by Crippen LogP contribution is -2.50. The van der Waals surface area contributed by atoms with E-state index in [4.69, 9.17) is 9.47 Å². The molecule has 2 amide bonds. The van der Waals surface area contributed by atoms with Gasteiger partial charge in [-0.2, -0.15) is 0 Å². The van der Waals surface area contributed by atoms with Crippen molar-refractivity contribution in [2.24, 2.45) is 0 Å². The van der Waals surface area contributed by atoms with Gasteiger partial charge in [0.25, 0.3) is 0 Å². The first kappa shape index (κ1) is 14.1. The van der Waals surface area contributed by atoms with Crippen LogP contribution in [-0.4, -0.2) is 48.9 Å². The number of piperazine rings is 1. The van der Waals surface area contributed by atoms with Gasteiger partial charge in [0.1, 0.15) is 0 Å². The maximum Gasteiger partial charge on any atom is 0.321 e. The van der Waals surface area contributed by atoms with Gasteiger partial charge in [-0.25, -0.2) is 9.78 Å². The number of aromatic nitrogens is 1. The standard InChI is InChI=1S/C15H16N4O3S/c20-14(17-11-1-2-12-13(9-11)22-10-21-12)18-4-6-19(7-5-18)15-16-3-8-23-15/h1-3,8-9H,4-7,10H2,(H,17,20). The van der Waals surface area contributed by atoms with Gasteiger partial charge in [0.15, 0.2) is 16.6 Å². The van der Waals surface area contributed by atoms with E-state index < -0.39 is 0 Å². The number of anilines is 2. The van der Waals surface area contributed by atoms with Gasteiger partial charge >= 0.3 is 6.03 Å². The molecule has 0 atom stereocenters. The average Bonchev–Trinajstić information content (AvgIpc) is 3.26. The molecule has 120 valence electrons. The molecule has 0 saturated carbocycles. The van der Waals surface area contributed by atoms with E-state index in [0.29, 0.717) is 30.3 Å². The molecule has 1 aromatic carbocycles. The third-order valence-electron chi connectivity index (χ3n) is 3.88. The van der Waals surface area contributed by atoms with E-state index in [9.17, 15) is 4.79 Å². The number of urea groups is 1. The van der Waals surface area contributed by atoms with E-state index in [1.165, 1.54) is 0 Å². The highest BCUT2D eigenvalue weighted by Crippen LogP contribution is 2.34. The highest BCUT2D eigenvalue weighted by Gasteiger charge is 2.23. The number of ether oxygens (including phenoxy) is 2. The Balaban J connectivity index is 1.35. The number of benzene rings is 1. The Bertz CT molecular complexity index is 699. The van der Waals surface area contributed by atoms with Crippen LogP contribution in [0.1, 0.15) is 0 Å². The number of nitrogens with zero attached hydrogens (tertiary/aromatic N) is 3. The number of fused-ring (bicyclic) bond motifs is 1. The molecule has 0 aliphatic carbocycles. The summed E-state index contributed by atoms with van der Waals surface area (Å²) in [6, 6.07) is 5.31. The molecule has 8 heteroatoms. The minimum atomic E-state index is -0.0948. The Hall–Kier alpha value is -2.48. The van der Waals surface area contributed by atoms with Crippen LogP contribution in [0.2, 0.25) is 0 Å². The summed E-state index contributed by atoms with van der Waals surface area (Å²) in [4.78, 5) is 20.7. The number of nitrogens with one attached hydrogen (secondary N) is 1. The van der Waals surface area contributed by atoms with Crippen molar-refractivity contribution in [1.29, 1.82) is 0 Å². The Morgan fingerprint density at radius 3 is 2.78 bits per heavy atom. The van der Waals surface area contributed by atoms with Crippen LogP contribution in [0, 0.1) is 0 Å². The van der Waals surface area contributed by atoms with Gasteiger partial charge in [0, 0.05) is 49.5 Å². The second-order valence-electron chi connectivity index (χ2n) is 5.29. The molecule has 1 N–H and O–H groups in total. The normalized spacial score (nSPS) is 16.5. The monoisotopic (exact) mass is 332 g/mol. The molecule has 2 aromatic rings. The summed E-state index contributed by atoms with van der Waals surface area (Å²) in [6.07, 6.45) is 1.80. The third-order valence-corrected chi connectivity index (χ3v) is 4.71. The maximum absolute atomic E-state index is 12.4. The van der Waals surface area contributed by atoms with Gasteiger partial charge in [0.05, 0.1) is 0 Å². The van der Waals surface area contributed by atoms with E-state index in [0.717, 1.165) is 18.2 Å². The molecule has 3 heterocycles. The first-order valence-corrected chi connectivity index (χ1v) is 8.27. The lowest BCUT2D eigenvalue weighted by Gasteiger charge is -2.34. The number of carbonyl (C=O) groups excluding carboxylic acids is 1. The van der Waals surface area contributed by atoms with Crippen molar-refractivity contribution in [2.45, 2.75) is 0 Å². The first-order chi connectivity index (χ1) is 11.3. The van der Waals surface area contributed by atoms with Crippen molar-refractivity contribution in [3.63, 3.8) is 0 Å². The lowest BCUT2D eigenvalue weighted by atomic mass is 10.3. The fraction of sp³-hybridized carbons (Fsp3) is 0.333. The number of hydrogen-bond acceptors (Lipinski definition) is 6. The molecule has 7 nitrogen and oxygen atoms in total. The summed E-state index contributed by atoms with van der Waals surface area (Å²) in [7, 11) is 0. The molecule has 4 rings (SSSR count). The molecule has 0 bridgehead atoms. The molecule has 1 saturated heterocycles. The van der Waals surface area contributed by atoms with Crippen LogP contribution in [0.15, 0.2) is 29.8 Å². The predicted octanol–water partition coefficient (Wildman–Crippen LogP) is 2.23. The highest BCUT2D eigenvalue weighted by atomic mass is 32.1. The zero-order valence-electron chi connectivity index (χ0n) is 12.4. The third kappa shape index (κ3) is 2.89. The predicted molar refractivity (Wildman–Crippen MR) is 87.5 cm³/mol. The van der Waals surface area contributed by atoms with Crippen LogP contribution in [0.25, 0.3) is 0 Å². The number of thiazole rings is 1.